The molecule has 0 aliphatic heterocycles. The van der Waals surface area contributed by atoms with Crippen LogP contribution in [0.4, 0.5) is 0 Å². The summed E-state index contributed by atoms with van der Waals surface area (Å²) >= 11 is 0. The standard InChI is InChI=1S/C26H18N2/c1-2-17-9-8-13-20-22-15-21-19-12-6-7-14-23(19)27-24(21)16-25(22)28(26(17)20)18-10-4-3-5-11-18/h2-16,27H,1H2. The normalized spacial score (nSPS) is 11.7. The molecule has 2 nitrogen and oxygen atoms in total. The van der Waals surface area contributed by atoms with Gasteiger partial charge in [0.15, 0.2) is 0 Å². The molecule has 0 radical (unpaired) electrons. The summed E-state index contributed by atoms with van der Waals surface area (Å²) in [5.74, 6) is 0. The molecule has 132 valence electrons. The van der Waals surface area contributed by atoms with Gasteiger partial charge in [0.25, 0.3) is 0 Å². The number of nitrogens with one attached hydrogen (secondary N) is 1. The second-order valence-electron chi connectivity index (χ2n) is 7.20. The number of H-pyrrole nitrogens is 1. The molecular formula is C26H18N2. The van der Waals surface area contributed by atoms with Crippen molar-refractivity contribution in [1.82, 2.24) is 9.55 Å². The van der Waals surface area contributed by atoms with Gasteiger partial charge in [0.2, 0.25) is 0 Å². The molecule has 1 N–H and O–H groups in total. The molecule has 2 heteroatoms. The zero-order valence-corrected chi connectivity index (χ0v) is 15.3. The first-order chi connectivity index (χ1) is 13.8. The number of aromatic amines is 1. The van der Waals surface area contributed by atoms with Crippen LogP contribution in [-0.4, -0.2) is 9.55 Å². The first-order valence-corrected chi connectivity index (χ1v) is 9.50. The molecule has 0 fully saturated rings. The largest absolute Gasteiger partial charge is 0.354 e. The van der Waals surface area contributed by atoms with E-state index in [2.05, 4.69) is 101 Å². The highest BCUT2D eigenvalue weighted by Crippen LogP contribution is 2.38. The Balaban J connectivity index is 1.87. The zero-order chi connectivity index (χ0) is 18.7. The van der Waals surface area contributed by atoms with Crippen molar-refractivity contribution in [3.05, 3.63) is 97.1 Å². The number of aromatic nitrogens is 2. The predicted molar refractivity (Wildman–Crippen MR) is 120 cm³/mol. The fourth-order valence-electron chi connectivity index (χ4n) is 4.45. The molecule has 2 aromatic heterocycles. The molecule has 0 amide bonds. The minimum Gasteiger partial charge on any atom is -0.354 e. The molecule has 0 bridgehead atoms. The van der Waals surface area contributed by atoms with Crippen molar-refractivity contribution in [2.75, 3.05) is 0 Å². The third kappa shape index (κ3) is 1.97. The van der Waals surface area contributed by atoms with Crippen LogP contribution in [-0.2, 0) is 0 Å². The zero-order valence-electron chi connectivity index (χ0n) is 15.3. The van der Waals surface area contributed by atoms with Crippen LogP contribution in [0.2, 0.25) is 0 Å². The van der Waals surface area contributed by atoms with E-state index in [1.165, 1.54) is 38.1 Å². The van der Waals surface area contributed by atoms with E-state index in [4.69, 9.17) is 0 Å². The summed E-state index contributed by atoms with van der Waals surface area (Å²) in [6.45, 7) is 4.05. The van der Waals surface area contributed by atoms with Gasteiger partial charge in [-0.1, -0.05) is 67.3 Å². The van der Waals surface area contributed by atoms with Gasteiger partial charge in [-0.3, -0.25) is 0 Å². The minimum absolute atomic E-state index is 1.14. The maximum atomic E-state index is 4.05. The Bertz CT molecular complexity index is 1510. The van der Waals surface area contributed by atoms with Gasteiger partial charge in [0.05, 0.1) is 11.0 Å². The smallest absolute Gasteiger partial charge is 0.0613 e. The van der Waals surface area contributed by atoms with Crippen molar-refractivity contribution in [2.45, 2.75) is 0 Å². The molecule has 0 atom stereocenters. The van der Waals surface area contributed by atoms with Crippen LogP contribution in [0.3, 0.4) is 0 Å². The summed E-state index contributed by atoms with van der Waals surface area (Å²) < 4.78 is 2.35. The molecule has 28 heavy (non-hydrogen) atoms. The molecular weight excluding hydrogens is 340 g/mol. The lowest BCUT2D eigenvalue weighted by Crippen LogP contribution is -1.94. The average Bonchev–Trinajstić information content (AvgIpc) is 3.27. The molecule has 0 saturated carbocycles. The van der Waals surface area contributed by atoms with Crippen LogP contribution in [0.5, 0.6) is 0 Å². The minimum atomic E-state index is 1.14. The van der Waals surface area contributed by atoms with Crippen LogP contribution in [0.25, 0.3) is 55.4 Å². The summed E-state index contributed by atoms with van der Waals surface area (Å²) in [6, 6.07) is 30.1. The van der Waals surface area contributed by atoms with Crippen molar-refractivity contribution in [2.24, 2.45) is 0 Å². The van der Waals surface area contributed by atoms with Gasteiger partial charge in [-0.05, 0) is 35.9 Å². The Labute approximate surface area is 162 Å². The maximum Gasteiger partial charge on any atom is 0.0613 e. The molecule has 0 unspecified atom stereocenters. The van der Waals surface area contributed by atoms with Gasteiger partial charge in [0.1, 0.15) is 0 Å². The second kappa shape index (κ2) is 5.61. The summed E-state index contributed by atoms with van der Waals surface area (Å²) in [6.07, 6.45) is 1.95. The molecule has 2 heterocycles. The monoisotopic (exact) mass is 358 g/mol. The summed E-state index contributed by atoms with van der Waals surface area (Å²) in [4.78, 5) is 3.59. The van der Waals surface area contributed by atoms with E-state index < -0.39 is 0 Å². The molecule has 6 rings (SSSR count). The Kier molecular flexibility index (Phi) is 3.06. The van der Waals surface area contributed by atoms with Gasteiger partial charge >= 0.3 is 0 Å². The number of rotatable bonds is 2. The quantitative estimate of drug-likeness (QED) is 0.342. The number of fused-ring (bicyclic) bond motifs is 6. The van der Waals surface area contributed by atoms with Gasteiger partial charge in [-0.15, -0.1) is 0 Å². The molecule has 4 aromatic carbocycles. The Hall–Kier alpha value is -3.78. The Morgan fingerprint density at radius 3 is 2.32 bits per heavy atom. The van der Waals surface area contributed by atoms with E-state index in [0.717, 1.165) is 16.8 Å². The second-order valence-corrected chi connectivity index (χ2v) is 7.20. The molecule has 0 saturated heterocycles. The first kappa shape index (κ1) is 15.3. The fourth-order valence-corrected chi connectivity index (χ4v) is 4.45. The van der Waals surface area contributed by atoms with Gasteiger partial charge < -0.3 is 9.55 Å². The molecule has 0 aliphatic carbocycles. The topological polar surface area (TPSA) is 20.7 Å². The maximum absolute atomic E-state index is 4.05. The lowest BCUT2D eigenvalue weighted by Gasteiger charge is -2.09. The van der Waals surface area contributed by atoms with Crippen LogP contribution >= 0.6 is 0 Å². The van der Waals surface area contributed by atoms with Crippen molar-refractivity contribution < 1.29 is 0 Å². The summed E-state index contributed by atoms with van der Waals surface area (Å²) in [7, 11) is 0. The van der Waals surface area contributed by atoms with E-state index in [1.54, 1.807) is 0 Å². The van der Waals surface area contributed by atoms with E-state index in [9.17, 15) is 0 Å². The molecule has 6 aromatic rings. The lowest BCUT2D eigenvalue weighted by atomic mass is 10.1. The van der Waals surface area contributed by atoms with Crippen LogP contribution in [0, 0.1) is 0 Å². The van der Waals surface area contributed by atoms with Crippen molar-refractivity contribution >= 4 is 49.7 Å². The number of para-hydroxylation sites is 3. The molecule has 0 aliphatic rings. The van der Waals surface area contributed by atoms with E-state index in [1.807, 2.05) is 6.08 Å². The molecule has 0 spiro atoms. The predicted octanol–water partition coefficient (Wildman–Crippen LogP) is 7.06. The van der Waals surface area contributed by atoms with Crippen molar-refractivity contribution in [3.8, 4) is 5.69 Å². The third-order valence-corrected chi connectivity index (χ3v) is 5.68. The van der Waals surface area contributed by atoms with Crippen LogP contribution in [0.1, 0.15) is 5.56 Å². The highest BCUT2D eigenvalue weighted by molar-refractivity contribution is 6.19. The lowest BCUT2D eigenvalue weighted by molar-refractivity contribution is 1.18. The highest BCUT2D eigenvalue weighted by atomic mass is 15.0. The Morgan fingerprint density at radius 2 is 1.46 bits per heavy atom. The number of benzene rings is 4. The SMILES string of the molecule is C=Cc1cccc2c3cc4c(cc3n(-c3ccccc3)c12)[nH]c1ccccc14. The fraction of sp³-hybridized carbons (Fsp3) is 0. The van der Waals surface area contributed by atoms with Crippen molar-refractivity contribution in [1.29, 1.82) is 0 Å². The van der Waals surface area contributed by atoms with Gasteiger partial charge in [-0.2, -0.15) is 0 Å². The summed E-state index contributed by atoms with van der Waals surface area (Å²) in [5, 5.41) is 5.04. The van der Waals surface area contributed by atoms with Crippen LogP contribution in [0.15, 0.2) is 91.5 Å². The van der Waals surface area contributed by atoms with Crippen molar-refractivity contribution in [3.63, 3.8) is 0 Å². The first-order valence-electron chi connectivity index (χ1n) is 9.50. The third-order valence-electron chi connectivity index (χ3n) is 5.68. The highest BCUT2D eigenvalue weighted by Gasteiger charge is 2.16. The van der Waals surface area contributed by atoms with Gasteiger partial charge in [0, 0.05) is 38.3 Å². The summed E-state index contributed by atoms with van der Waals surface area (Å²) in [5.41, 5.74) is 7.05. The average molecular weight is 358 g/mol. The van der Waals surface area contributed by atoms with Crippen LogP contribution < -0.4 is 0 Å². The van der Waals surface area contributed by atoms with E-state index in [0.29, 0.717) is 0 Å². The number of hydrogen-bond acceptors (Lipinski definition) is 0. The van der Waals surface area contributed by atoms with E-state index >= 15 is 0 Å². The van der Waals surface area contributed by atoms with Gasteiger partial charge in [-0.25, -0.2) is 0 Å². The number of nitrogens with zero attached hydrogens (tertiary/aromatic N) is 1. The Morgan fingerprint density at radius 1 is 0.679 bits per heavy atom. The number of hydrogen-bond donors (Lipinski definition) is 1. The van der Waals surface area contributed by atoms with E-state index in [-0.39, 0.29) is 0 Å².